The fraction of sp³-hybridized carbons (Fsp3) is 0.298. The topological polar surface area (TPSA) is 140 Å². The number of nitrogens with one attached hydrogen (secondary N) is 3. The van der Waals surface area contributed by atoms with Crippen LogP contribution in [0.4, 0.5) is 15.4 Å². The number of amides is 2. The van der Waals surface area contributed by atoms with Crippen molar-refractivity contribution in [3.63, 3.8) is 0 Å². The molecule has 0 spiro atoms. The van der Waals surface area contributed by atoms with Gasteiger partial charge in [-0.1, -0.05) is 152 Å². The maximum Gasteiger partial charge on any atom is 0.407 e. The molecule has 2 amide bonds. The molecular weight excluding hydrogens is 983 g/mol. The van der Waals surface area contributed by atoms with Crippen LogP contribution >= 0.6 is 39.1 Å². The summed E-state index contributed by atoms with van der Waals surface area (Å²) in [6, 6.07) is 40.9. The molecule has 70 heavy (non-hydrogen) atoms. The van der Waals surface area contributed by atoms with Crippen molar-refractivity contribution in [1.29, 1.82) is 0 Å². The second-order valence-corrected chi connectivity index (χ2v) is 19.4. The fourth-order valence-electron chi connectivity index (χ4n) is 9.30. The molecule has 2 fully saturated rings. The maximum absolute atomic E-state index is 12.3. The number of rotatable bonds is 10. The molecule has 0 saturated heterocycles. The first-order chi connectivity index (χ1) is 33.6. The highest BCUT2D eigenvalue weighted by atomic mass is 79.9. The number of pyridine rings is 2. The van der Waals surface area contributed by atoms with Crippen molar-refractivity contribution in [1.82, 2.24) is 20.6 Å². The van der Waals surface area contributed by atoms with Gasteiger partial charge in [-0.15, -0.1) is 0 Å². The van der Waals surface area contributed by atoms with Gasteiger partial charge in [-0.2, -0.15) is 0 Å². The van der Waals surface area contributed by atoms with Gasteiger partial charge in [0.25, 0.3) is 0 Å². The average molecular weight is 1040 g/mol. The Labute approximate surface area is 430 Å². The highest BCUT2D eigenvalue weighted by Gasteiger charge is 2.26. The van der Waals surface area contributed by atoms with E-state index in [9.17, 15) is 9.59 Å². The Balaban J connectivity index is 0.000000169. The molecule has 4 aromatic carbocycles. The summed E-state index contributed by atoms with van der Waals surface area (Å²) in [5.74, 6) is 0.807. The van der Waals surface area contributed by atoms with Gasteiger partial charge in [-0.25, -0.2) is 19.6 Å². The highest BCUT2D eigenvalue weighted by molar-refractivity contribution is 9.10. The van der Waals surface area contributed by atoms with Crippen LogP contribution in [0.2, 0.25) is 10.0 Å². The first-order valence-corrected chi connectivity index (χ1v) is 25.2. The normalized spacial score (nSPS) is 18.6. The standard InChI is InChI=1S/C28H28ClN3O2.C14H9BrClN.C14H20N2O2.CH4/c29-26-17-30-27(16-25(26)24-14-13-20-9-4-5-12-23(20)24)31-21-10-6-11-22(15-21)32-28(33)34-18-19-7-2-1-3-8-19;15-14-7-12(13(16)8-17-14)11-6-5-9-3-1-2-4-10(9)11;15-12-7-4-8-13(9-12)16-14(17)18-10-11-5-2-1-3-6-11;/h1-5,7-9,12,14,16-17,21-22H,6,10-11,13,15,18H2,(H,30,31)(H,32,33);1-4,6-8H,5H2;1-3,5-6,12-13H,4,7-10,15H2,(H,16,17);1H4/t21-,22+;;12-,13+;/m1.1./s1. The first kappa shape index (κ1) is 51.9. The fourth-order valence-corrected chi connectivity index (χ4v) is 10.0. The predicted octanol–water partition coefficient (Wildman–Crippen LogP) is 13.7. The number of halogens is 3. The minimum atomic E-state index is -0.367. The van der Waals surface area contributed by atoms with E-state index >= 15 is 0 Å². The lowest BCUT2D eigenvalue weighted by molar-refractivity contribution is 0.131. The third-order valence-corrected chi connectivity index (χ3v) is 13.8. The third kappa shape index (κ3) is 14.5. The van der Waals surface area contributed by atoms with Crippen molar-refractivity contribution < 1.29 is 19.1 Å². The molecule has 10 nitrogen and oxygen atoms in total. The van der Waals surface area contributed by atoms with Crippen LogP contribution in [0, 0.1) is 0 Å². The summed E-state index contributed by atoms with van der Waals surface area (Å²) in [4.78, 5) is 32.6. The van der Waals surface area contributed by atoms with Crippen LogP contribution in [0.1, 0.15) is 103 Å². The van der Waals surface area contributed by atoms with E-state index in [4.69, 9.17) is 38.4 Å². The molecule has 4 aliphatic rings. The largest absolute Gasteiger partial charge is 0.445 e. The molecule has 0 bridgehead atoms. The zero-order valence-corrected chi connectivity index (χ0v) is 41.5. The number of allylic oxidation sites excluding steroid dienone is 2. The Morgan fingerprint density at radius 2 is 1.07 bits per heavy atom. The number of aromatic nitrogens is 2. The van der Waals surface area contributed by atoms with Gasteiger partial charge in [-0.3, -0.25) is 0 Å². The van der Waals surface area contributed by atoms with E-state index in [2.05, 4.69) is 103 Å². The maximum atomic E-state index is 12.3. The van der Waals surface area contributed by atoms with Crippen LogP contribution in [0.15, 0.2) is 150 Å². The summed E-state index contributed by atoms with van der Waals surface area (Å²) in [6.07, 6.45) is 16.8. The zero-order valence-electron chi connectivity index (χ0n) is 38.4. The van der Waals surface area contributed by atoms with E-state index < -0.39 is 0 Å². The van der Waals surface area contributed by atoms with E-state index in [1.807, 2.05) is 72.8 Å². The number of ether oxygens (including phenoxy) is 2. The summed E-state index contributed by atoms with van der Waals surface area (Å²) in [6.45, 7) is 0.586. The summed E-state index contributed by atoms with van der Waals surface area (Å²) in [5, 5.41) is 10.8. The molecule has 10 rings (SSSR count). The van der Waals surface area contributed by atoms with Crippen molar-refractivity contribution in [2.75, 3.05) is 5.32 Å². The molecular formula is C57H61BrCl2N6O4. The third-order valence-electron chi connectivity index (χ3n) is 12.7. The van der Waals surface area contributed by atoms with Gasteiger partial charge in [0, 0.05) is 47.7 Å². The van der Waals surface area contributed by atoms with E-state index in [0.717, 1.165) is 102 Å². The lowest BCUT2D eigenvalue weighted by Crippen LogP contribution is -2.42. The average Bonchev–Trinajstić information content (AvgIpc) is 4.00. The van der Waals surface area contributed by atoms with E-state index in [0.29, 0.717) is 16.7 Å². The molecule has 2 heterocycles. The molecule has 13 heteroatoms. The van der Waals surface area contributed by atoms with Crippen LogP contribution < -0.4 is 21.7 Å². The van der Waals surface area contributed by atoms with E-state index in [1.165, 1.54) is 27.8 Å². The molecule has 2 aromatic heterocycles. The number of hydrogen-bond acceptors (Lipinski definition) is 8. The van der Waals surface area contributed by atoms with Gasteiger partial charge in [-0.05, 0) is 137 Å². The zero-order chi connectivity index (χ0) is 48.0. The van der Waals surface area contributed by atoms with Crippen LogP contribution in [0.3, 0.4) is 0 Å². The number of nitrogens with zero attached hydrogens (tertiary/aromatic N) is 2. The Bertz CT molecular complexity index is 2760. The van der Waals surface area contributed by atoms with Crippen LogP contribution in [-0.4, -0.2) is 46.3 Å². The quantitative estimate of drug-likeness (QED) is 0.0995. The Morgan fingerprint density at radius 3 is 1.63 bits per heavy atom. The summed E-state index contributed by atoms with van der Waals surface area (Å²) in [5.41, 5.74) is 17.4. The van der Waals surface area contributed by atoms with Gasteiger partial charge >= 0.3 is 12.2 Å². The van der Waals surface area contributed by atoms with Crippen LogP contribution in [-0.2, 0) is 35.5 Å². The summed E-state index contributed by atoms with van der Waals surface area (Å²) in [7, 11) is 0. The summed E-state index contributed by atoms with van der Waals surface area (Å²) >= 11 is 16.2. The smallest absolute Gasteiger partial charge is 0.407 e. The second kappa shape index (κ2) is 25.8. The van der Waals surface area contributed by atoms with Crippen LogP contribution in [0.5, 0.6) is 0 Å². The molecule has 6 aromatic rings. The molecule has 364 valence electrons. The van der Waals surface area contributed by atoms with Crippen molar-refractivity contribution in [3.05, 3.63) is 205 Å². The second-order valence-electron chi connectivity index (χ2n) is 17.7. The molecule has 0 aliphatic heterocycles. The van der Waals surface area contributed by atoms with Gasteiger partial charge in [0.05, 0.1) is 10.0 Å². The monoisotopic (exact) mass is 1040 g/mol. The first-order valence-electron chi connectivity index (χ1n) is 23.7. The highest BCUT2D eigenvalue weighted by Crippen LogP contribution is 2.38. The predicted molar refractivity (Wildman–Crippen MR) is 287 cm³/mol. The lowest BCUT2D eigenvalue weighted by atomic mass is 9.91. The van der Waals surface area contributed by atoms with Crippen LogP contribution in [0.25, 0.3) is 11.1 Å². The number of nitrogens with two attached hydrogens (primary N) is 1. The Kier molecular flexibility index (Phi) is 19.1. The molecule has 0 radical (unpaired) electrons. The van der Waals surface area contributed by atoms with Gasteiger partial charge in [0.15, 0.2) is 0 Å². The lowest BCUT2D eigenvalue weighted by Gasteiger charge is -2.30. The molecule has 2 saturated carbocycles. The van der Waals surface area contributed by atoms with Crippen molar-refractivity contribution in [2.24, 2.45) is 5.73 Å². The van der Waals surface area contributed by atoms with Gasteiger partial charge in [0.1, 0.15) is 23.6 Å². The molecule has 4 aliphatic carbocycles. The van der Waals surface area contributed by atoms with E-state index in [1.54, 1.807) is 12.4 Å². The molecule has 0 unspecified atom stereocenters. The van der Waals surface area contributed by atoms with E-state index in [-0.39, 0.29) is 50.4 Å². The number of carbonyl (C=O) groups excluding carboxylic acids is 2. The van der Waals surface area contributed by atoms with Crippen molar-refractivity contribution in [2.45, 2.75) is 109 Å². The number of anilines is 1. The molecule has 5 N–H and O–H groups in total. The minimum absolute atomic E-state index is 0. The Morgan fingerprint density at radius 1 is 0.600 bits per heavy atom. The SMILES string of the molecule is C.Clc1cnc(Br)cc1C1=CCc2ccccc21.N[C@@H]1CCC[C@H](NC(=O)OCc2ccccc2)C1.O=C(N[C@H]1CCC[C@@H](Nc2cc(C3=CCc4ccccc43)c(Cl)cn2)C1)OCc1ccccc1. The van der Waals surface area contributed by atoms with Crippen molar-refractivity contribution in [3.8, 4) is 0 Å². The molecule has 4 atom stereocenters. The van der Waals surface area contributed by atoms with Gasteiger partial charge in [0.2, 0.25) is 0 Å². The van der Waals surface area contributed by atoms with Crippen molar-refractivity contribution >= 4 is 68.3 Å². The number of alkyl carbamates (subject to hydrolysis) is 2. The number of benzene rings is 4. The van der Waals surface area contributed by atoms with Gasteiger partial charge < -0.3 is 31.2 Å². The number of carbonyl (C=O) groups is 2. The number of fused-ring (bicyclic) bond motifs is 2. The number of hydrogen-bond donors (Lipinski definition) is 4. The Hall–Kier alpha value is -5.98. The minimum Gasteiger partial charge on any atom is -0.445 e. The summed E-state index contributed by atoms with van der Waals surface area (Å²) < 4.78 is 11.4.